The zero-order valence-corrected chi connectivity index (χ0v) is 19.2. The lowest BCUT2D eigenvalue weighted by Crippen LogP contribution is -2.53. The van der Waals surface area contributed by atoms with Gasteiger partial charge in [-0.15, -0.1) is 0 Å². The fourth-order valence-corrected chi connectivity index (χ4v) is 6.20. The molecule has 31 heavy (non-hydrogen) atoms. The van der Waals surface area contributed by atoms with Crippen LogP contribution in [-0.4, -0.2) is 71.8 Å². The molecule has 2 fully saturated rings. The number of hydrogen-bond acceptors (Lipinski definition) is 4. The molecule has 1 amide bonds. The summed E-state index contributed by atoms with van der Waals surface area (Å²) in [6.07, 6.45) is 4.43. The van der Waals surface area contributed by atoms with Crippen LogP contribution >= 0.6 is 0 Å². The quantitative estimate of drug-likeness (QED) is 0.711. The first kappa shape index (κ1) is 22.0. The molecule has 1 aromatic carbocycles. The lowest BCUT2D eigenvalue weighted by Gasteiger charge is -2.40. The Labute approximate surface area is 185 Å². The van der Waals surface area contributed by atoms with Gasteiger partial charge < -0.3 is 9.47 Å². The Morgan fingerprint density at radius 3 is 2.42 bits per heavy atom. The van der Waals surface area contributed by atoms with Crippen LogP contribution in [0.25, 0.3) is 0 Å². The van der Waals surface area contributed by atoms with E-state index in [0.29, 0.717) is 25.3 Å². The molecule has 0 aliphatic carbocycles. The fraction of sp³-hybridized carbons (Fsp3) is 0.522. The van der Waals surface area contributed by atoms with Crippen molar-refractivity contribution in [1.82, 2.24) is 18.7 Å². The predicted molar refractivity (Wildman–Crippen MR) is 120 cm³/mol. The zero-order valence-electron chi connectivity index (χ0n) is 18.4. The number of piperidine rings is 1. The van der Waals surface area contributed by atoms with Gasteiger partial charge in [0.05, 0.1) is 0 Å². The first-order valence-corrected chi connectivity index (χ1v) is 12.5. The van der Waals surface area contributed by atoms with E-state index in [9.17, 15) is 13.2 Å². The molecule has 2 saturated heterocycles. The summed E-state index contributed by atoms with van der Waals surface area (Å²) in [7, 11) is -1.80. The summed E-state index contributed by atoms with van der Waals surface area (Å²) >= 11 is 0. The van der Waals surface area contributed by atoms with Gasteiger partial charge in [-0.25, -0.2) is 8.42 Å². The average Bonchev–Trinajstić information content (AvgIpc) is 3.17. The van der Waals surface area contributed by atoms with Gasteiger partial charge in [-0.2, -0.15) is 4.31 Å². The van der Waals surface area contributed by atoms with Gasteiger partial charge in [-0.05, 0) is 31.4 Å². The molecule has 0 N–H and O–H groups in total. The second kappa shape index (κ2) is 9.14. The molecule has 3 heterocycles. The van der Waals surface area contributed by atoms with Gasteiger partial charge in [0, 0.05) is 58.6 Å². The predicted octanol–water partition coefficient (Wildman–Crippen LogP) is 2.55. The average molecular weight is 445 g/mol. The largest absolute Gasteiger partial charge is 0.345 e. The van der Waals surface area contributed by atoms with Crippen LogP contribution in [0, 0.1) is 0 Å². The normalized spacial score (nSPS) is 21.4. The van der Waals surface area contributed by atoms with Crippen molar-refractivity contribution in [2.24, 2.45) is 7.05 Å². The fourth-order valence-electron chi connectivity index (χ4n) is 4.61. The molecule has 7 nitrogen and oxygen atoms in total. The molecule has 8 heteroatoms. The number of nitrogens with zero attached hydrogens (tertiary/aromatic N) is 4. The molecule has 2 aromatic rings. The summed E-state index contributed by atoms with van der Waals surface area (Å²) in [5, 5.41) is 0. The molecule has 0 bridgehead atoms. The zero-order chi connectivity index (χ0) is 22.0. The highest BCUT2D eigenvalue weighted by Crippen LogP contribution is 2.24. The van der Waals surface area contributed by atoms with Crippen molar-refractivity contribution >= 4 is 15.9 Å². The number of benzene rings is 1. The monoisotopic (exact) mass is 444 g/mol. The third-order valence-electron chi connectivity index (χ3n) is 6.37. The van der Waals surface area contributed by atoms with E-state index in [1.165, 1.54) is 5.56 Å². The number of amides is 1. The number of aromatic nitrogens is 1. The van der Waals surface area contributed by atoms with Crippen LogP contribution < -0.4 is 0 Å². The lowest BCUT2D eigenvalue weighted by molar-refractivity contribution is 0.0466. The Morgan fingerprint density at radius 2 is 1.74 bits per heavy atom. The molecular weight excluding hydrogens is 412 g/mol. The third-order valence-corrected chi connectivity index (χ3v) is 8.24. The van der Waals surface area contributed by atoms with Gasteiger partial charge in [0.2, 0.25) is 10.0 Å². The van der Waals surface area contributed by atoms with Crippen molar-refractivity contribution in [2.75, 3.05) is 32.7 Å². The summed E-state index contributed by atoms with van der Waals surface area (Å²) in [5.41, 5.74) is 1.70. The van der Waals surface area contributed by atoms with E-state index >= 15 is 0 Å². The van der Waals surface area contributed by atoms with Crippen LogP contribution in [0.2, 0.25) is 0 Å². The highest BCUT2D eigenvalue weighted by Gasteiger charge is 2.32. The van der Waals surface area contributed by atoms with Crippen molar-refractivity contribution in [2.45, 2.75) is 43.7 Å². The van der Waals surface area contributed by atoms with Gasteiger partial charge in [0.1, 0.15) is 10.6 Å². The summed E-state index contributed by atoms with van der Waals surface area (Å²) in [5.74, 6) is -0.102. The molecule has 168 valence electrons. The number of piperazine rings is 1. The molecule has 2 aliphatic heterocycles. The Balaban J connectivity index is 1.45. The van der Waals surface area contributed by atoms with Crippen molar-refractivity contribution in [1.29, 1.82) is 0 Å². The Kier molecular flexibility index (Phi) is 6.50. The maximum atomic E-state index is 13.3. The highest BCUT2D eigenvalue weighted by atomic mass is 32.2. The molecule has 4 rings (SSSR count). The first-order chi connectivity index (χ1) is 14.9. The lowest BCUT2D eigenvalue weighted by atomic mass is 10.1. The van der Waals surface area contributed by atoms with E-state index < -0.39 is 10.0 Å². The van der Waals surface area contributed by atoms with Crippen LogP contribution in [0.1, 0.15) is 42.2 Å². The van der Waals surface area contributed by atoms with Crippen LogP contribution in [0.5, 0.6) is 0 Å². The minimum atomic E-state index is -3.55. The molecule has 1 atom stereocenters. The topological polar surface area (TPSA) is 65.9 Å². The SMILES string of the molecule is CC1CN(Cc2ccccc2)CCN1C(=O)c1cc(S(=O)(=O)N2CCCCC2)cn1C. The van der Waals surface area contributed by atoms with E-state index in [2.05, 4.69) is 24.0 Å². The smallest absolute Gasteiger partial charge is 0.270 e. The van der Waals surface area contributed by atoms with Gasteiger partial charge in [-0.3, -0.25) is 9.69 Å². The minimum absolute atomic E-state index is 0.0574. The molecule has 0 saturated carbocycles. The van der Waals surface area contributed by atoms with E-state index in [-0.39, 0.29) is 16.8 Å². The van der Waals surface area contributed by atoms with Crippen molar-refractivity contribution in [3.8, 4) is 0 Å². The maximum Gasteiger partial charge on any atom is 0.270 e. The molecule has 0 spiro atoms. The highest BCUT2D eigenvalue weighted by molar-refractivity contribution is 7.89. The van der Waals surface area contributed by atoms with Crippen LogP contribution in [0.3, 0.4) is 0 Å². The number of aryl methyl sites for hydroxylation is 1. The number of sulfonamides is 1. The van der Waals surface area contributed by atoms with Crippen LogP contribution in [-0.2, 0) is 23.6 Å². The Morgan fingerprint density at radius 1 is 1.03 bits per heavy atom. The Hall–Kier alpha value is -2.16. The van der Waals surface area contributed by atoms with Gasteiger partial charge >= 0.3 is 0 Å². The molecule has 1 unspecified atom stereocenters. The summed E-state index contributed by atoms with van der Waals surface area (Å²) in [6.45, 7) is 6.27. The van der Waals surface area contributed by atoms with E-state index in [1.807, 2.05) is 23.1 Å². The van der Waals surface area contributed by atoms with E-state index in [1.54, 1.807) is 28.2 Å². The maximum absolute atomic E-state index is 13.3. The summed E-state index contributed by atoms with van der Waals surface area (Å²) < 4.78 is 29.2. The van der Waals surface area contributed by atoms with Gasteiger partial charge in [0.15, 0.2) is 0 Å². The number of rotatable bonds is 5. The number of carbonyl (C=O) groups excluding carboxylic acids is 1. The molecule has 1 aromatic heterocycles. The number of carbonyl (C=O) groups is 1. The van der Waals surface area contributed by atoms with Crippen LogP contribution in [0.4, 0.5) is 0 Å². The first-order valence-electron chi connectivity index (χ1n) is 11.1. The minimum Gasteiger partial charge on any atom is -0.345 e. The standard InChI is InChI=1S/C23H32N4O3S/c1-19-16-25(17-20-9-5-3-6-10-20)13-14-27(19)23(28)22-15-21(18-24(22)2)31(29,30)26-11-7-4-8-12-26/h3,5-6,9-10,15,18-19H,4,7-8,11-14,16-17H2,1-2H3. The third kappa shape index (κ3) is 4.71. The van der Waals surface area contributed by atoms with E-state index in [4.69, 9.17) is 0 Å². The molecular formula is C23H32N4O3S. The van der Waals surface area contributed by atoms with Crippen LogP contribution in [0.15, 0.2) is 47.5 Å². The number of hydrogen-bond donors (Lipinski definition) is 0. The van der Waals surface area contributed by atoms with Gasteiger partial charge in [0.25, 0.3) is 5.91 Å². The Bertz CT molecular complexity index is 1010. The molecule has 2 aliphatic rings. The summed E-state index contributed by atoms with van der Waals surface area (Å²) in [6, 6.07) is 12.0. The van der Waals surface area contributed by atoms with Crippen molar-refractivity contribution < 1.29 is 13.2 Å². The summed E-state index contributed by atoms with van der Waals surface area (Å²) in [4.78, 5) is 17.7. The second-order valence-electron chi connectivity index (χ2n) is 8.70. The van der Waals surface area contributed by atoms with Gasteiger partial charge in [-0.1, -0.05) is 36.8 Å². The van der Waals surface area contributed by atoms with E-state index in [0.717, 1.165) is 38.9 Å². The molecule has 0 radical (unpaired) electrons. The second-order valence-corrected chi connectivity index (χ2v) is 10.6. The van der Waals surface area contributed by atoms with Crippen molar-refractivity contribution in [3.63, 3.8) is 0 Å². The van der Waals surface area contributed by atoms with Crippen molar-refractivity contribution in [3.05, 3.63) is 53.9 Å².